The molecule has 0 atom stereocenters. The molecule has 0 unspecified atom stereocenters. The Balaban J connectivity index is 0.000000423. The highest BCUT2D eigenvalue weighted by atomic mass is 16.5. The number of hydrogen-bond acceptors (Lipinski definition) is 7. The maximum absolute atomic E-state index is 8.65. The van der Waals surface area contributed by atoms with E-state index in [9.17, 15) is 0 Å². The topological polar surface area (TPSA) is 109 Å². The van der Waals surface area contributed by atoms with Gasteiger partial charge in [0.15, 0.2) is 0 Å². The molecule has 122 valence electrons. The summed E-state index contributed by atoms with van der Waals surface area (Å²) in [7, 11) is 0. The maximum atomic E-state index is 8.65. The first kappa shape index (κ1) is 19.6. The van der Waals surface area contributed by atoms with Gasteiger partial charge in [-0.1, -0.05) is 0 Å². The van der Waals surface area contributed by atoms with Crippen LogP contribution >= 0.6 is 0 Å². The van der Waals surface area contributed by atoms with Gasteiger partial charge in [0.1, 0.15) is 11.5 Å². The van der Waals surface area contributed by atoms with Crippen molar-refractivity contribution in [3.63, 3.8) is 0 Å². The van der Waals surface area contributed by atoms with Gasteiger partial charge < -0.3 is 34.6 Å². The molecule has 21 heavy (non-hydrogen) atoms. The third-order valence-corrected chi connectivity index (χ3v) is 2.06. The first-order chi connectivity index (χ1) is 10.2. The minimum atomic E-state index is 0.0413. The molecular formula is C14H24O7. The average Bonchev–Trinajstić information content (AvgIpc) is 2.49. The molecule has 0 spiro atoms. The molecule has 0 amide bonds. The predicted octanol–water partition coefficient (Wildman–Crippen LogP) is 0.119. The number of ether oxygens (including phenoxy) is 3. The van der Waals surface area contributed by atoms with Crippen molar-refractivity contribution >= 4 is 0 Å². The molecule has 0 heterocycles. The van der Waals surface area contributed by atoms with Crippen LogP contribution in [0.1, 0.15) is 0 Å². The van der Waals surface area contributed by atoms with E-state index in [4.69, 9.17) is 34.6 Å². The Hall–Kier alpha value is -1.38. The van der Waals surface area contributed by atoms with Crippen molar-refractivity contribution in [1.29, 1.82) is 0 Å². The lowest BCUT2D eigenvalue weighted by Crippen LogP contribution is -2.11. The molecule has 0 radical (unpaired) electrons. The molecule has 0 aromatic heterocycles. The molecule has 4 N–H and O–H groups in total. The van der Waals surface area contributed by atoms with Crippen LogP contribution in [-0.2, 0) is 14.2 Å². The summed E-state index contributed by atoms with van der Waals surface area (Å²) in [6.07, 6.45) is 0. The first-order valence-electron chi connectivity index (χ1n) is 6.63. The van der Waals surface area contributed by atoms with E-state index in [1.807, 2.05) is 0 Å². The van der Waals surface area contributed by atoms with E-state index in [-0.39, 0.29) is 24.7 Å². The molecule has 1 rings (SSSR count). The summed E-state index contributed by atoms with van der Waals surface area (Å²) in [5, 5.41) is 34.0. The Labute approximate surface area is 124 Å². The van der Waals surface area contributed by atoms with Crippen molar-refractivity contribution in [1.82, 2.24) is 0 Å². The third-order valence-electron chi connectivity index (χ3n) is 2.06. The SMILES string of the molecule is OCCOCCOCCOCCO.Oc1ccc(O)cc1. The third kappa shape index (κ3) is 14.8. The van der Waals surface area contributed by atoms with Gasteiger partial charge in [-0.15, -0.1) is 0 Å². The highest BCUT2D eigenvalue weighted by Crippen LogP contribution is 2.13. The second-order valence-corrected chi connectivity index (χ2v) is 3.80. The zero-order valence-corrected chi connectivity index (χ0v) is 12.0. The standard InChI is InChI=1S/C8H18O5.C6H6O2/c9-1-3-11-5-7-13-8-6-12-4-2-10;7-5-1-2-6(8)4-3-5/h9-10H,1-8H2;1-4,7-8H. The number of phenolic OH excluding ortho intramolecular Hbond substituents is 2. The van der Waals surface area contributed by atoms with E-state index in [2.05, 4.69) is 0 Å². The fourth-order valence-corrected chi connectivity index (χ4v) is 1.12. The van der Waals surface area contributed by atoms with Gasteiger partial charge >= 0.3 is 0 Å². The molecule has 1 aromatic rings. The van der Waals surface area contributed by atoms with Crippen molar-refractivity contribution in [2.75, 3.05) is 52.9 Å². The van der Waals surface area contributed by atoms with Crippen LogP contribution in [-0.4, -0.2) is 73.3 Å². The van der Waals surface area contributed by atoms with Gasteiger partial charge in [0.2, 0.25) is 0 Å². The quantitative estimate of drug-likeness (QED) is 0.359. The molecule has 0 saturated heterocycles. The van der Waals surface area contributed by atoms with Crippen molar-refractivity contribution in [3.8, 4) is 11.5 Å². The highest BCUT2D eigenvalue weighted by molar-refractivity contribution is 5.28. The van der Waals surface area contributed by atoms with E-state index in [1.165, 1.54) is 24.3 Å². The Morgan fingerprint density at radius 2 is 0.857 bits per heavy atom. The Bertz CT molecular complexity index is 285. The van der Waals surface area contributed by atoms with Crippen LogP contribution in [0.15, 0.2) is 24.3 Å². The van der Waals surface area contributed by atoms with Crippen LogP contribution in [0.2, 0.25) is 0 Å². The second-order valence-electron chi connectivity index (χ2n) is 3.80. The van der Waals surface area contributed by atoms with Crippen molar-refractivity contribution in [2.45, 2.75) is 0 Å². The van der Waals surface area contributed by atoms with E-state index < -0.39 is 0 Å². The van der Waals surface area contributed by atoms with Crippen molar-refractivity contribution in [3.05, 3.63) is 24.3 Å². The number of benzene rings is 1. The zero-order valence-electron chi connectivity index (χ0n) is 12.0. The molecule has 0 aliphatic carbocycles. The molecule has 0 aliphatic heterocycles. The van der Waals surface area contributed by atoms with Crippen LogP contribution in [0.5, 0.6) is 11.5 Å². The van der Waals surface area contributed by atoms with Crippen LogP contribution < -0.4 is 0 Å². The largest absolute Gasteiger partial charge is 0.508 e. The Kier molecular flexibility index (Phi) is 14.0. The number of phenols is 2. The lowest BCUT2D eigenvalue weighted by molar-refractivity contribution is 0.00230. The first-order valence-corrected chi connectivity index (χ1v) is 6.63. The van der Waals surface area contributed by atoms with Crippen LogP contribution in [0.3, 0.4) is 0 Å². The Morgan fingerprint density at radius 1 is 0.571 bits per heavy atom. The molecule has 1 aromatic carbocycles. The summed E-state index contributed by atoms with van der Waals surface area (Å²) < 4.78 is 15.0. The lowest BCUT2D eigenvalue weighted by atomic mass is 10.3. The molecule has 0 bridgehead atoms. The second kappa shape index (κ2) is 15.0. The number of aliphatic hydroxyl groups excluding tert-OH is 2. The summed E-state index contributed by atoms with van der Waals surface area (Å²) in [6.45, 7) is 2.76. The van der Waals surface area contributed by atoms with Crippen LogP contribution in [0.25, 0.3) is 0 Å². The zero-order chi connectivity index (χ0) is 15.8. The summed E-state index contributed by atoms with van der Waals surface area (Å²) >= 11 is 0. The Morgan fingerprint density at radius 3 is 1.14 bits per heavy atom. The highest BCUT2D eigenvalue weighted by Gasteiger charge is 1.90. The van der Waals surface area contributed by atoms with Gasteiger partial charge in [0.25, 0.3) is 0 Å². The summed E-state index contributed by atoms with van der Waals surface area (Å²) in [5.41, 5.74) is 0. The number of rotatable bonds is 10. The summed E-state index contributed by atoms with van der Waals surface area (Å²) in [5.74, 6) is 0.339. The van der Waals surface area contributed by atoms with Crippen molar-refractivity contribution in [2.24, 2.45) is 0 Å². The number of aromatic hydroxyl groups is 2. The number of aliphatic hydroxyl groups is 2. The van der Waals surface area contributed by atoms with Gasteiger partial charge in [-0.2, -0.15) is 0 Å². The smallest absolute Gasteiger partial charge is 0.115 e. The molecule has 0 aliphatic rings. The molecule has 7 heteroatoms. The van der Waals surface area contributed by atoms with Gasteiger partial charge in [-0.25, -0.2) is 0 Å². The van der Waals surface area contributed by atoms with E-state index >= 15 is 0 Å². The molecule has 0 fully saturated rings. The van der Waals surface area contributed by atoms with Crippen LogP contribution in [0, 0.1) is 0 Å². The normalized spacial score (nSPS) is 10.0. The van der Waals surface area contributed by atoms with E-state index in [0.717, 1.165) is 0 Å². The van der Waals surface area contributed by atoms with E-state index in [1.54, 1.807) is 0 Å². The van der Waals surface area contributed by atoms with Crippen molar-refractivity contribution < 1.29 is 34.6 Å². The van der Waals surface area contributed by atoms with Gasteiger partial charge in [-0.3, -0.25) is 0 Å². The van der Waals surface area contributed by atoms with Crippen LogP contribution in [0.4, 0.5) is 0 Å². The molecule has 0 saturated carbocycles. The van der Waals surface area contributed by atoms with E-state index in [0.29, 0.717) is 39.6 Å². The number of hydrogen-bond donors (Lipinski definition) is 4. The predicted molar refractivity (Wildman–Crippen MR) is 76.4 cm³/mol. The van der Waals surface area contributed by atoms with Gasteiger partial charge in [0.05, 0.1) is 52.9 Å². The minimum absolute atomic E-state index is 0.0413. The molecular weight excluding hydrogens is 280 g/mol. The van der Waals surface area contributed by atoms with Gasteiger partial charge in [0, 0.05) is 0 Å². The summed E-state index contributed by atoms with van der Waals surface area (Å²) in [6, 6.07) is 5.70. The fraction of sp³-hybridized carbons (Fsp3) is 0.571. The summed E-state index contributed by atoms with van der Waals surface area (Å²) in [4.78, 5) is 0. The fourth-order valence-electron chi connectivity index (χ4n) is 1.12. The lowest BCUT2D eigenvalue weighted by Gasteiger charge is -2.04. The van der Waals surface area contributed by atoms with Gasteiger partial charge in [-0.05, 0) is 24.3 Å². The average molecular weight is 304 g/mol. The monoisotopic (exact) mass is 304 g/mol. The maximum Gasteiger partial charge on any atom is 0.115 e. The minimum Gasteiger partial charge on any atom is -0.508 e. The molecule has 7 nitrogen and oxygen atoms in total.